The van der Waals surface area contributed by atoms with Gasteiger partial charge in [-0.3, -0.25) is 9.59 Å². The van der Waals surface area contributed by atoms with Crippen molar-refractivity contribution < 1.29 is 14.0 Å². The molecule has 28 heavy (non-hydrogen) atoms. The summed E-state index contributed by atoms with van der Waals surface area (Å²) in [5, 5.41) is 5.42. The molecule has 0 saturated carbocycles. The lowest BCUT2D eigenvalue weighted by Crippen LogP contribution is -2.43. The van der Waals surface area contributed by atoms with Gasteiger partial charge in [-0.25, -0.2) is 9.37 Å². The number of fused-ring (bicyclic) bond motifs is 1. The Hall–Kier alpha value is -3.48. The van der Waals surface area contributed by atoms with Gasteiger partial charge in [0.1, 0.15) is 17.6 Å². The zero-order valence-electron chi connectivity index (χ0n) is 15.1. The van der Waals surface area contributed by atoms with Gasteiger partial charge in [-0.2, -0.15) is 0 Å². The average Bonchev–Trinajstić information content (AvgIpc) is 3.09. The van der Waals surface area contributed by atoms with E-state index in [0.29, 0.717) is 25.1 Å². The molecule has 2 heterocycles. The van der Waals surface area contributed by atoms with Crippen LogP contribution in [-0.4, -0.2) is 27.4 Å². The molecule has 142 valence electrons. The van der Waals surface area contributed by atoms with Crippen LogP contribution in [0.4, 0.5) is 10.1 Å². The fourth-order valence-electron chi connectivity index (χ4n) is 3.26. The molecule has 2 aromatic carbocycles. The summed E-state index contributed by atoms with van der Waals surface area (Å²) in [4.78, 5) is 29.1. The van der Waals surface area contributed by atoms with Crippen LogP contribution in [0.15, 0.2) is 61.1 Å². The van der Waals surface area contributed by atoms with Crippen LogP contribution in [0.5, 0.6) is 0 Å². The van der Waals surface area contributed by atoms with Crippen LogP contribution in [0.25, 0.3) is 0 Å². The standard InChI is InChI=1S/C21H19FN4O2/c22-16-8-6-15-7-9-17(20(27)25-18(15)10-16)24-21(28)19-12-26(13-23-19)11-14-4-2-1-3-5-14/h1-6,8,10,12-13,17H,7,9,11H2,(H,24,28)(H,25,27). The van der Waals surface area contributed by atoms with Crippen molar-refractivity contribution >= 4 is 17.5 Å². The fourth-order valence-corrected chi connectivity index (χ4v) is 3.26. The van der Waals surface area contributed by atoms with Gasteiger partial charge in [0.05, 0.1) is 6.33 Å². The molecule has 1 unspecified atom stereocenters. The van der Waals surface area contributed by atoms with Gasteiger partial charge in [-0.05, 0) is 36.1 Å². The maximum absolute atomic E-state index is 13.4. The van der Waals surface area contributed by atoms with Gasteiger partial charge in [0, 0.05) is 18.4 Å². The highest BCUT2D eigenvalue weighted by Crippen LogP contribution is 2.23. The number of amides is 2. The van der Waals surface area contributed by atoms with Gasteiger partial charge >= 0.3 is 0 Å². The number of carbonyl (C=O) groups excluding carboxylic acids is 2. The molecular formula is C21H19FN4O2. The summed E-state index contributed by atoms with van der Waals surface area (Å²) in [5.41, 5.74) is 2.64. The number of nitrogens with one attached hydrogen (secondary N) is 2. The molecule has 1 aliphatic heterocycles. The first-order valence-corrected chi connectivity index (χ1v) is 9.04. The third-order valence-corrected chi connectivity index (χ3v) is 4.73. The third-order valence-electron chi connectivity index (χ3n) is 4.73. The molecule has 0 spiro atoms. The number of halogens is 1. The highest BCUT2D eigenvalue weighted by Gasteiger charge is 2.26. The summed E-state index contributed by atoms with van der Waals surface area (Å²) < 4.78 is 15.2. The molecule has 2 amide bonds. The van der Waals surface area contributed by atoms with Crippen molar-refractivity contribution in [3.63, 3.8) is 0 Å². The summed E-state index contributed by atoms with van der Waals surface area (Å²) in [7, 11) is 0. The molecule has 0 saturated heterocycles. The van der Waals surface area contributed by atoms with E-state index in [-0.39, 0.29) is 11.6 Å². The van der Waals surface area contributed by atoms with Crippen LogP contribution in [0.1, 0.15) is 28.0 Å². The van der Waals surface area contributed by atoms with Crippen molar-refractivity contribution in [2.75, 3.05) is 5.32 Å². The Labute approximate surface area is 161 Å². The van der Waals surface area contributed by atoms with Gasteiger partial charge in [0.25, 0.3) is 5.91 Å². The molecular weight excluding hydrogens is 359 g/mol. The Balaban J connectivity index is 1.42. The number of benzene rings is 2. The van der Waals surface area contributed by atoms with Crippen LogP contribution < -0.4 is 10.6 Å². The first-order valence-electron chi connectivity index (χ1n) is 9.04. The number of hydrogen-bond donors (Lipinski definition) is 2. The molecule has 1 aromatic heterocycles. The van der Waals surface area contributed by atoms with Crippen LogP contribution in [0.2, 0.25) is 0 Å². The summed E-state index contributed by atoms with van der Waals surface area (Å²) >= 11 is 0. The number of nitrogens with zero attached hydrogens (tertiary/aromatic N) is 2. The van der Waals surface area contributed by atoms with Crippen molar-refractivity contribution in [2.45, 2.75) is 25.4 Å². The lowest BCUT2D eigenvalue weighted by Gasteiger charge is -2.14. The Morgan fingerprint density at radius 2 is 2.07 bits per heavy atom. The van der Waals surface area contributed by atoms with E-state index < -0.39 is 17.8 Å². The molecule has 3 aromatic rings. The highest BCUT2D eigenvalue weighted by atomic mass is 19.1. The van der Waals surface area contributed by atoms with E-state index in [1.54, 1.807) is 18.6 Å². The van der Waals surface area contributed by atoms with E-state index in [2.05, 4.69) is 15.6 Å². The topological polar surface area (TPSA) is 76.0 Å². The monoisotopic (exact) mass is 378 g/mol. The van der Waals surface area contributed by atoms with Crippen LogP contribution in [-0.2, 0) is 17.8 Å². The number of rotatable bonds is 4. The van der Waals surface area contributed by atoms with Crippen molar-refractivity contribution in [3.05, 3.63) is 83.7 Å². The van der Waals surface area contributed by atoms with E-state index in [1.807, 2.05) is 34.9 Å². The third kappa shape index (κ3) is 3.93. The Morgan fingerprint density at radius 3 is 2.89 bits per heavy atom. The number of anilines is 1. The molecule has 0 bridgehead atoms. The first kappa shape index (κ1) is 17.9. The van der Waals surface area contributed by atoms with E-state index in [4.69, 9.17) is 0 Å². The Kier molecular flexibility index (Phi) is 4.89. The quantitative estimate of drug-likeness (QED) is 0.733. The summed E-state index contributed by atoms with van der Waals surface area (Å²) in [5.74, 6) is -1.18. The van der Waals surface area contributed by atoms with Crippen molar-refractivity contribution in [1.29, 1.82) is 0 Å². The fraction of sp³-hybridized carbons (Fsp3) is 0.190. The van der Waals surface area contributed by atoms with E-state index in [1.165, 1.54) is 12.1 Å². The lowest BCUT2D eigenvalue weighted by molar-refractivity contribution is -0.118. The van der Waals surface area contributed by atoms with E-state index in [9.17, 15) is 14.0 Å². The molecule has 0 fully saturated rings. The van der Waals surface area contributed by atoms with Gasteiger partial charge in [-0.1, -0.05) is 36.4 Å². The largest absolute Gasteiger partial charge is 0.339 e. The van der Waals surface area contributed by atoms with Crippen molar-refractivity contribution in [3.8, 4) is 0 Å². The average molecular weight is 378 g/mol. The van der Waals surface area contributed by atoms with Crippen LogP contribution in [0.3, 0.4) is 0 Å². The smallest absolute Gasteiger partial charge is 0.272 e. The lowest BCUT2D eigenvalue weighted by atomic mass is 10.1. The normalized spacial score (nSPS) is 16.0. The maximum atomic E-state index is 13.4. The zero-order chi connectivity index (χ0) is 19.5. The second kappa shape index (κ2) is 7.64. The molecule has 0 aliphatic carbocycles. The van der Waals surface area contributed by atoms with Gasteiger partial charge < -0.3 is 15.2 Å². The predicted molar refractivity (Wildman–Crippen MR) is 102 cm³/mol. The Morgan fingerprint density at radius 1 is 1.25 bits per heavy atom. The van der Waals surface area contributed by atoms with Crippen molar-refractivity contribution in [2.24, 2.45) is 0 Å². The first-order chi connectivity index (χ1) is 13.6. The molecule has 1 aliphatic rings. The second-order valence-corrected chi connectivity index (χ2v) is 6.77. The number of aryl methyl sites for hydroxylation is 1. The van der Waals surface area contributed by atoms with E-state index in [0.717, 1.165) is 11.1 Å². The van der Waals surface area contributed by atoms with E-state index >= 15 is 0 Å². The van der Waals surface area contributed by atoms with Crippen LogP contribution in [0, 0.1) is 5.82 Å². The molecule has 4 rings (SSSR count). The summed E-state index contributed by atoms with van der Waals surface area (Å²) in [6.07, 6.45) is 4.23. The van der Waals surface area contributed by atoms with Gasteiger partial charge in [0.2, 0.25) is 5.91 Å². The molecule has 7 heteroatoms. The maximum Gasteiger partial charge on any atom is 0.272 e. The number of aromatic nitrogens is 2. The van der Waals surface area contributed by atoms with Crippen LogP contribution >= 0.6 is 0 Å². The number of imidazole rings is 1. The minimum atomic E-state index is -0.706. The molecule has 6 nitrogen and oxygen atoms in total. The number of hydrogen-bond acceptors (Lipinski definition) is 3. The van der Waals surface area contributed by atoms with Gasteiger partial charge in [-0.15, -0.1) is 0 Å². The molecule has 2 N–H and O–H groups in total. The minimum absolute atomic E-state index is 0.247. The number of carbonyl (C=O) groups is 2. The predicted octanol–water partition coefficient (Wildman–Crippen LogP) is 2.75. The molecule has 1 atom stereocenters. The highest BCUT2D eigenvalue weighted by molar-refractivity contribution is 6.01. The Bertz CT molecular complexity index is 1020. The SMILES string of the molecule is O=C(NC1CCc2ccc(F)cc2NC1=O)c1cn(Cc2ccccc2)cn1. The van der Waals surface area contributed by atoms with Crippen molar-refractivity contribution in [1.82, 2.24) is 14.9 Å². The summed E-state index contributed by atoms with van der Waals surface area (Å²) in [6, 6.07) is 13.4. The molecule has 0 radical (unpaired) electrons. The zero-order valence-corrected chi connectivity index (χ0v) is 15.1. The summed E-state index contributed by atoms with van der Waals surface area (Å²) in [6.45, 7) is 0.603. The minimum Gasteiger partial charge on any atom is -0.339 e. The van der Waals surface area contributed by atoms with Gasteiger partial charge in [0.15, 0.2) is 0 Å². The second-order valence-electron chi connectivity index (χ2n) is 6.77.